The van der Waals surface area contributed by atoms with Gasteiger partial charge in [0.2, 0.25) is 0 Å². The first-order valence-corrected chi connectivity index (χ1v) is 10.6. The molecule has 0 saturated heterocycles. The SMILES string of the molecule is CCC(C)(C(=O)OC12CC3CC(C1)CC(OS(=O)(=O)NC)(C3)C2)C(F)(F)F. The van der Waals surface area contributed by atoms with Crippen molar-refractivity contribution in [2.75, 3.05) is 7.05 Å². The van der Waals surface area contributed by atoms with Crippen LogP contribution in [0.15, 0.2) is 0 Å². The molecule has 0 aromatic carbocycles. The molecule has 4 aliphatic carbocycles. The van der Waals surface area contributed by atoms with Crippen molar-refractivity contribution in [1.82, 2.24) is 4.72 Å². The van der Waals surface area contributed by atoms with E-state index < -0.39 is 45.5 Å². The summed E-state index contributed by atoms with van der Waals surface area (Å²) >= 11 is 0. The minimum atomic E-state index is -4.72. The fourth-order valence-corrected chi connectivity index (χ4v) is 6.10. The first-order valence-electron chi connectivity index (χ1n) is 9.22. The molecular formula is C17H26F3NO5S. The summed E-state index contributed by atoms with van der Waals surface area (Å²) in [6.07, 6.45) is -2.25. The van der Waals surface area contributed by atoms with Gasteiger partial charge in [-0.3, -0.25) is 8.98 Å². The summed E-state index contributed by atoms with van der Waals surface area (Å²) in [6, 6.07) is 0. The molecule has 4 bridgehead atoms. The monoisotopic (exact) mass is 413 g/mol. The van der Waals surface area contributed by atoms with E-state index in [2.05, 4.69) is 4.72 Å². The van der Waals surface area contributed by atoms with Gasteiger partial charge < -0.3 is 4.74 Å². The van der Waals surface area contributed by atoms with Gasteiger partial charge in [0.1, 0.15) is 5.60 Å². The highest BCUT2D eigenvalue weighted by atomic mass is 32.2. The van der Waals surface area contributed by atoms with Gasteiger partial charge in [-0.25, -0.2) is 0 Å². The van der Waals surface area contributed by atoms with Crippen LogP contribution in [0.5, 0.6) is 0 Å². The molecule has 0 radical (unpaired) electrons. The molecule has 0 amide bonds. The minimum absolute atomic E-state index is 0.0740. The maximum Gasteiger partial charge on any atom is 0.404 e. The van der Waals surface area contributed by atoms with Crippen molar-refractivity contribution < 1.29 is 35.3 Å². The van der Waals surface area contributed by atoms with Gasteiger partial charge >= 0.3 is 22.4 Å². The molecule has 0 spiro atoms. The Morgan fingerprint density at radius 2 is 1.67 bits per heavy atom. The lowest BCUT2D eigenvalue weighted by Crippen LogP contribution is -2.63. The zero-order valence-electron chi connectivity index (χ0n) is 15.7. The molecule has 0 heterocycles. The predicted molar refractivity (Wildman–Crippen MR) is 89.8 cm³/mol. The summed E-state index contributed by atoms with van der Waals surface area (Å²) in [7, 11) is -2.73. The number of rotatable bonds is 6. The van der Waals surface area contributed by atoms with Crippen molar-refractivity contribution in [3.8, 4) is 0 Å². The normalized spacial score (nSPS) is 37.9. The molecule has 4 aliphatic rings. The number of carbonyl (C=O) groups is 1. The number of hydrogen-bond acceptors (Lipinski definition) is 5. The van der Waals surface area contributed by atoms with E-state index in [-0.39, 0.29) is 18.3 Å². The highest BCUT2D eigenvalue weighted by molar-refractivity contribution is 7.84. The van der Waals surface area contributed by atoms with Crippen LogP contribution in [0.4, 0.5) is 13.2 Å². The van der Waals surface area contributed by atoms with E-state index in [4.69, 9.17) is 8.92 Å². The molecule has 3 atom stereocenters. The lowest BCUT2D eigenvalue weighted by atomic mass is 9.52. The summed E-state index contributed by atoms with van der Waals surface area (Å²) in [6.45, 7) is 2.16. The van der Waals surface area contributed by atoms with E-state index in [0.29, 0.717) is 25.7 Å². The van der Waals surface area contributed by atoms with Crippen molar-refractivity contribution in [1.29, 1.82) is 0 Å². The Morgan fingerprint density at radius 3 is 2.11 bits per heavy atom. The lowest BCUT2D eigenvalue weighted by Gasteiger charge is -2.60. The molecule has 1 N–H and O–H groups in total. The first-order chi connectivity index (χ1) is 12.3. The number of nitrogens with one attached hydrogen (secondary N) is 1. The van der Waals surface area contributed by atoms with Crippen molar-refractivity contribution in [3.63, 3.8) is 0 Å². The summed E-state index contributed by atoms with van der Waals surface area (Å²) in [5.74, 6) is -1.14. The molecule has 0 aromatic rings. The second-order valence-electron chi connectivity index (χ2n) is 8.64. The third-order valence-corrected chi connectivity index (χ3v) is 7.66. The average Bonchev–Trinajstić information content (AvgIpc) is 2.50. The fraction of sp³-hybridized carbons (Fsp3) is 0.941. The number of esters is 1. The molecule has 156 valence electrons. The van der Waals surface area contributed by atoms with Crippen LogP contribution < -0.4 is 4.72 Å². The minimum Gasteiger partial charge on any atom is -0.458 e. The Balaban J connectivity index is 1.87. The van der Waals surface area contributed by atoms with E-state index in [1.165, 1.54) is 14.0 Å². The van der Waals surface area contributed by atoms with Gasteiger partial charge in [0.15, 0.2) is 5.41 Å². The van der Waals surface area contributed by atoms with Crippen LogP contribution in [0.3, 0.4) is 0 Å². The number of carbonyl (C=O) groups excluding carboxylic acids is 1. The Morgan fingerprint density at radius 1 is 1.15 bits per heavy atom. The highest BCUT2D eigenvalue weighted by Crippen LogP contribution is 2.61. The zero-order chi connectivity index (χ0) is 20.3. The molecule has 0 aromatic heterocycles. The number of halogens is 3. The smallest absolute Gasteiger partial charge is 0.404 e. The molecule has 27 heavy (non-hydrogen) atoms. The van der Waals surface area contributed by atoms with Gasteiger partial charge in [0.05, 0.1) is 5.60 Å². The van der Waals surface area contributed by atoms with Gasteiger partial charge in [-0.1, -0.05) is 6.92 Å². The molecule has 4 rings (SSSR count). The summed E-state index contributed by atoms with van der Waals surface area (Å²) in [5, 5.41) is 0. The van der Waals surface area contributed by atoms with E-state index in [1.807, 2.05) is 0 Å². The number of ether oxygens (including phenoxy) is 1. The Hall–Kier alpha value is -0.870. The quantitative estimate of drug-likeness (QED) is 0.677. The summed E-state index contributed by atoms with van der Waals surface area (Å²) in [5.41, 5.74) is -4.69. The van der Waals surface area contributed by atoms with Gasteiger partial charge in [-0.2, -0.15) is 26.3 Å². The molecule has 4 fully saturated rings. The largest absolute Gasteiger partial charge is 0.458 e. The number of hydrogen-bond donors (Lipinski definition) is 1. The Kier molecular flexibility index (Phi) is 4.88. The standard InChI is InChI=1S/C17H26F3NO5S/c1-4-14(2,17(18,19)20)13(22)25-15-6-11-5-12(7-15)9-16(8-11,10-15)26-27(23,24)21-3/h11-12,21H,4-10H2,1-3H3. The van der Waals surface area contributed by atoms with Gasteiger partial charge in [0.25, 0.3) is 0 Å². The van der Waals surface area contributed by atoms with E-state index in [0.717, 1.165) is 13.3 Å². The van der Waals surface area contributed by atoms with Gasteiger partial charge in [0, 0.05) is 13.5 Å². The third kappa shape index (κ3) is 3.60. The molecule has 10 heteroatoms. The van der Waals surface area contributed by atoms with Crippen LogP contribution >= 0.6 is 0 Å². The van der Waals surface area contributed by atoms with Crippen LogP contribution in [0, 0.1) is 17.3 Å². The second-order valence-corrected chi connectivity index (χ2v) is 10.1. The second kappa shape index (κ2) is 6.32. The molecule has 4 saturated carbocycles. The maximum atomic E-state index is 13.4. The van der Waals surface area contributed by atoms with Crippen LogP contribution in [0.25, 0.3) is 0 Å². The Labute approximate surface area is 157 Å². The van der Waals surface area contributed by atoms with Crippen LogP contribution in [-0.4, -0.2) is 38.8 Å². The average molecular weight is 413 g/mol. The first kappa shape index (κ1) is 20.9. The maximum absolute atomic E-state index is 13.4. The van der Waals surface area contributed by atoms with Gasteiger partial charge in [-0.05, 0) is 57.3 Å². The lowest BCUT2D eigenvalue weighted by molar-refractivity contribution is -0.254. The van der Waals surface area contributed by atoms with Crippen molar-refractivity contribution in [3.05, 3.63) is 0 Å². The van der Waals surface area contributed by atoms with Crippen LogP contribution in [0.1, 0.15) is 58.8 Å². The molecule has 3 unspecified atom stereocenters. The van der Waals surface area contributed by atoms with E-state index in [9.17, 15) is 26.4 Å². The van der Waals surface area contributed by atoms with Crippen LogP contribution in [0.2, 0.25) is 0 Å². The van der Waals surface area contributed by atoms with Gasteiger partial charge in [-0.15, -0.1) is 0 Å². The Bertz CT molecular complexity index is 709. The van der Waals surface area contributed by atoms with Crippen molar-refractivity contribution >= 4 is 16.3 Å². The topological polar surface area (TPSA) is 81.7 Å². The van der Waals surface area contributed by atoms with Crippen molar-refractivity contribution in [2.45, 2.75) is 76.2 Å². The van der Waals surface area contributed by atoms with Crippen LogP contribution in [-0.2, 0) is 24.0 Å². The molecular weight excluding hydrogens is 387 g/mol. The summed E-state index contributed by atoms with van der Waals surface area (Å²) < 4.78 is 77.3. The summed E-state index contributed by atoms with van der Waals surface area (Å²) in [4.78, 5) is 12.6. The zero-order valence-corrected chi connectivity index (χ0v) is 16.5. The number of alkyl halides is 3. The highest BCUT2D eigenvalue weighted by Gasteiger charge is 2.64. The van der Waals surface area contributed by atoms with E-state index in [1.54, 1.807) is 0 Å². The fourth-order valence-electron chi connectivity index (χ4n) is 5.36. The molecule has 6 nitrogen and oxygen atoms in total. The van der Waals surface area contributed by atoms with Crippen molar-refractivity contribution in [2.24, 2.45) is 17.3 Å². The van der Waals surface area contributed by atoms with E-state index >= 15 is 0 Å². The predicted octanol–water partition coefficient (Wildman–Crippen LogP) is 3.08. The third-order valence-electron chi connectivity index (χ3n) is 6.58. The molecule has 0 aliphatic heterocycles.